The van der Waals surface area contributed by atoms with Crippen LogP contribution in [0.2, 0.25) is 5.02 Å². The second-order valence-electron chi connectivity index (χ2n) is 5.92. The van der Waals surface area contributed by atoms with Crippen molar-refractivity contribution in [2.45, 2.75) is 12.8 Å². The second kappa shape index (κ2) is 10.4. The summed E-state index contributed by atoms with van der Waals surface area (Å²) in [6.07, 6.45) is 1.27. The molecule has 1 N–H and O–H groups in total. The minimum absolute atomic E-state index is 0.0850. The zero-order valence-corrected chi connectivity index (χ0v) is 15.5. The normalized spacial score (nSPS) is 10.4. The van der Waals surface area contributed by atoms with Crippen molar-refractivity contribution in [1.82, 2.24) is 4.90 Å². The van der Waals surface area contributed by atoms with Crippen LogP contribution in [0.5, 0.6) is 5.75 Å². The molecule has 0 unspecified atom stereocenters. The van der Waals surface area contributed by atoms with Crippen LogP contribution in [0.4, 0.5) is 5.69 Å². The van der Waals surface area contributed by atoms with Crippen molar-refractivity contribution in [2.75, 3.05) is 32.1 Å². The lowest BCUT2D eigenvalue weighted by atomic mass is 10.2. The fraction of sp³-hybridized carbons (Fsp3) is 0.300. The number of nitrogens with zero attached hydrogens (tertiary/aromatic N) is 2. The van der Waals surface area contributed by atoms with Gasteiger partial charge in [0.25, 0.3) is 0 Å². The average molecular weight is 372 g/mol. The Kier molecular flexibility index (Phi) is 7.94. The van der Waals surface area contributed by atoms with E-state index in [2.05, 4.69) is 10.2 Å². The summed E-state index contributed by atoms with van der Waals surface area (Å²) >= 11 is 5.96. The number of amides is 1. The zero-order chi connectivity index (χ0) is 18.8. The van der Waals surface area contributed by atoms with Crippen molar-refractivity contribution >= 4 is 23.2 Å². The van der Waals surface area contributed by atoms with Gasteiger partial charge in [-0.05, 0) is 43.8 Å². The number of anilines is 1. The Labute approximate surface area is 159 Å². The Hall–Kier alpha value is -2.55. The van der Waals surface area contributed by atoms with Crippen molar-refractivity contribution in [3.8, 4) is 11.8 Å². The van der Waals surface area contributed by atoms with E-state index in [1.807, 2.05) is 43.4 Å². The van der Waals surface area contributed by atoms with Crippen LogP contribution in [0.15, 0.2) is 48.5 Å². The van der Waals surface area contributed by atoms with E-state index in [1.165, 1.54) is 0 Å². The molecule has 0 aromatic heterocycles. The van der Waals surface area contributed by atoms with E-state index in [4.69, 9.17) is 21.6 Å². The molecule has 0 saturated carbocycles. The van der Waals surface area contributed by atoms with Crippen molar-refractivity contribution in [1.29, 1.82) is 5.26 Å². The maximum atomic E-state index is 12.0. The molecule has 0 fully saturated rings. The number of para-hydroxylation sites is 1. The first kappa shape index (κ1) is 19.8. The van der Waals surface area contributed by atoms with Gasteiger partial charge >= 0.3 is 0 Å². The monoisotopic (exact) mass is 371 g/mol. The smallest absolute Gasteiger partial charge is 0.225 e. The minimum atomic E-state index is -0.0850. The van der Waals surface area contributed by atoms with E-state index in [0.29, 0.717) is 35.8 Å². The topological polar surface area (TPSA) is 65.4 Å². The molecule has 136 valence electrons. The summed E-state index contributed by atoms with van der Waals surface area (Å²) in [5.74, 6) is 0.786. The number of benzene rings is 2. The van der Waals surface area contributed by atoms with Gasteiger partial charge in [0.15, 0.2) is 0 Å². The molecule has 0 atom stereocenters. The molecule has 2 aromatic carbocycles. The van der Waals surface area contributed by atoms with Crippen molar-refractivity contribution < 1.29 is 9.53 Å². The van der Waals surface area contributed by atoms with Crippen LogP contribution in [0, 0.1) is 11.3 Å². The first-order valence-electron chi connectivity index (χ1n) is 8.44. The lowest BCUT2D eigenvalue weighted by Gasteiger charge is -2.16. The highest BCUT2D eigenvalue weighted by Crippen LogP contribution is 2.20. The first-order chi connectivity index (χ1) is 12.6. The number of nitriles is 1. The summed E-state index contributed by atoms with van der Waals surface area (Å²) in [5.41, 5.74) is 0.986. The predicted octanol–water partition coefficient (Wildman–Crippen LogP) is 3.94. The molecule has 2 rings (SSSR count). The lowest BCUT2D eigenvalue weighted by Crippen LogP contribution is -2.26. The van der Waals surface area contributed by atoms with Crippen LogP contribution >= 0.6 is 11.6 Å². The number of carbonyl (C=O) groups excluding carboxylic acids is 1. The Morgan fingerprint density at radius 2 is 2.00 bits per heavy atom. The van der Waals surface area contributed by atoms with Gasteiger partial charge < -0.3 is 15.0 Å². The maximum absolute atomic E-state index is 12.0. The summed E-state index contributed by atoms with van der Waals surface area (Å²) < 4.78 is 5.65. The van der Waals surface area contributed by atoms with E-state index in [1.54, 1.807) is 18.2 Å². The maximum Gasteiger partial charge on any atom is 0.225 e. The highest BCUT2D eigenvalue weighted by atomic mass is 35.5. The molecule has 0 aliphatic rings. The second-order valence-corrected chi connectivity index (χ2v) is 6.33. The molecule has 0 aliphatic carbocycles. The van der Waals surface area contributed by atoms with Gasteiger partial charge in [0, 0.05) is 25.2 Å². The molecular formula is C20H22ClN3O2. The third-order valence-electron chi connectivity index (χ3n) is 3.79. The first-order valence-corrected chi connectivity index (χ1v) is 8.82. The van der Waals surface area contributed by atoms with Gasteiger partial charge in [-0.25, -0.2) is 0 Å². The number of rotatable bonds is 9. The molecule has 0 spiro atoms. The van der Waals surface area contributed by atoms with Gasteiger partial charge in [-0.3, -0.25) is 4.79 Å². The molecule has 5 nitrogen and oxygen atoms in total. The Morgan fingerprint density at radius 3 is 2.69 bits per heavy atom. The summed E-state index contributed by atoms with van der Waals surface area (Å²) in [6, 6.07) is 16.6. The number of carbonyl (C=O) groups is 1. The van der Waals surface area contributed by atoms with Crippen LogP contribution < -0.4 is 10.1 Å². The lowest BCUT2D eigenvalue weighted by molar-refractivity contribution is -0.116. The highest BCUT2D eigenvalue weighted by Gasteiger charge is 2.07. The third-order valence-corrected chi connectivity index (χ3v) is 4.10. The average Bonchev–Trinajstić information content (AvgIpc) is 2.64. The molecule has 6 heteroatoms. The Bertz CT molecular complexity index is 759. The highest BCUT2D eigenvalue weighted by molar-refractivity contribution is 6.32. The van der Waals surface area contributed by atoms with Crippen molar-refractivity contribution in [3.63, 3.8) is 0 Å². The van der Waals surface area contributed by atoms with E-state index in [0.717, 1.165) is 18.7 Å². The van der Waals surface area contributed by atoms with E-state index in [-0.39, 0.29) is 5.91 Å². The number of halogens is 1. The number of hydrogen-bond acceptors (Lipinski definition) is 4. The van der Waals surface area contributed by atoms with Crippen LogP contribution in [-0.4, -0.2) is 37.6 Å². The number of ether oxygens (including phenoxy) is 1. The van der Waals surface area contributed by atoms with Crippen LogP contribution in [0.25, 0.3) is 0 Å². The van der Waals surface area contributed by atoms with Crippen molar-refractivity contribution in [2.24, 2.45) is 0 Å². The molecule has 1 amide bonds. The van der Waals surface area contributed by atoms with Crippen LogP contribution in [0.1, 0.15) is 18.4 Å². The Balaban J connectivity index is 1.63. The Morgan fingerprint density at radius 1 is 1.23 bits per heavy atom. The largest absolute Gasteiger partial charge is 0.494 e. The van der Waals surface area contributed by atoms with Crippen LogP contribution in [0.3, 0.4) is 0 Å². The molecule has 0 aliphatic heterocycles. The van der Waals surface area contributed by atoms with Crippen molar-refractivity contribution in [3.05, 3.63) is 59.1 Å². The number of hydrogen-bond donors (Lipinski definition) is 1. The van der Waals surface area contributed by atoms with Gasteiger partial charge in [0.2, 0.25) is 5.91 Å². The van der Waals surface area contributed by atoms with Gasteiger partial charge in [-0.2, -0.15) is 5.26 Å². The van der Waals surface area contributed by atoms with Gasteiger partial charge in [-0.1, -0.05) is 29.8 Å². The van der Waals surface area contributed by atoms with E-state index >= 15 is 0 Å². The van der Waals surface area contributed by atoms with Gasteiger partial charge in [0.05, 0.1) is 17.2 Å². The van der Waals surface area contributed by atoms with Gasteiger partial charge in [-0.15, -0.1) is 0 Å². The molecule has 26 heavy (non-hydrogen) atoms. The van der Waals surface area contributed by atoms with E-state index < -0.39 is 0 Å². The summed E-state index contributed by atoms with van der Waals surface area (Å²) in [4.78, 5) is 14.1. The SMILES string of the molecule is CN(CCCOc1ccccc1)CCC(=O)Nc1ccc(C#N)c(Cl)c1. The fourth-order valence-electron chi connectivity index (χ4n) is 2.35. The molecular weight excluding hydrogens is 350 g/mol. The standard InChI is InChI=1S/C20H22ClN3O2/c1-24(11-5-13-26-18-6-3-2-4-7-18)12-10-20(25)23-17-9-8-16(15-22)19(21)14-17/h2-4,6-9,14H,5,10-13H2,1H3,(H,23,25). The molecule has 2 aromatic rings. The quantitative estimate of drug-likeness (QED) is 0.678. The van der Waals surface area contributed by atoms with Gasteiger partial charge in [0.1, 0.15) is 11.8 Å². The third kappa shape index (κ3) is 6.75. The summed E-state index contributed by atoms with van der Waals surface area (Å²) in [6.45, 7) is 2.15. The number of nitrogens with one attached hydrogen (secondary N) is 1. The van der Waals surface area contributed by atoms with Crippen LogP contribution in [-0.2, 0) is 4.79 Å². The predicted molar refractivity (Wildman–Crippen MR) is 103 cm³/mol. The molecule has 0 saturated heterocycles. The summed E-state index contributed by atoms with van der Waals surface area (Å²) in [5, 5.41) is 12.0. The summed E-state index contributed by atoms with van der Waals surface area (Å²) in [7, 11) is 1.98. The fourth-order valence-corrected chi connectivity index (χ4v) is 2.58. The molecule has 0 heterocycles. The molecule has 0 radical (unpaired) electrons. The minimum Gasteiger partial charge on any atom is -0.494 e. The zero-order valence-electron chi connectivity index (χ0n) is 14.7. The molecule has 0 bridgehead atoms. The van der Waals surface area contributed by atoms with E-state index in [9.17, 15) is 4.79 Å².